The van der Waals surface area contributed by atoms with E-state index in [4.69, 9.17) is 11.6 Å². The summed E-state index contributed by atoms with van der Waals surface area (Å²) in [5.41, 5.74) is 0.0195. The summed E-state index contributed by atoms with van der Waals surface area (Å²) < 4.78 is 15.0. The minimum atomic E-state index is -0.816. The van der Waals surface area contributed by atoms with Crippen LogP contribution in [0.15, 0.2) is 16.6 Å². The molecule has 1 unspecified atom stereocenters. The Balaban J connectivity index is 1.98. The largest absolute Gasteiger partial charge is 0.386 e. The molecule has 1 N–H and O–H groups in total. The number of nitrogens with zero attached hydrogens (tertiary/aromatic N) is 1. The molecular formula is C16H20BrClFNO. The Bertz CT molecular complexity index is 527. The monoisotopic (exact) mass is 375 g/mol. The van der Waals surface area contributed by atoms with Crippen molar-refractivity contribution in [3.05, 3.63) is 33.0 Å². The molecule has 1 aromatic carbocycles. The number of benzene rings is 1. The third-order valence-electron chi connectivity index (χ3n) is 5.07. The Morgan fingerprint density at radius 3 is 2.43 bits per heavy atom. The molecule has 1 aliphatic carbocycles. The second-order valence-corrected chi connectivity index (χ2v) is 7.40. The molecular weight excluding hydrogens is 357 g/mol. The van der Waals surface area contributed by atoms with Crippen molar-refractivity contribution in [1.82, 2.24) is 4.90 Å². The fourth-order valence-electron chi connectivity index (χ4n) is 3.95. The van der Waals surface area contributed by atoms with Crippen LogP contribution >= 0.6 is 27.5 Å². The Labute approximate surface area is 138 Å². The van der Waals surface area contributed by atoms with Crippen molar-refractivity contribution in [3.63, 3.8) is 0 Å². The van der Waals surface area contributed by atoms with E-state index >= 15 is 0 Å². The van der Waals surface area contributed by atoms with Crippen LogP contribution in [-0.2, 0) is 0 Å². The van der Waals surface area contributed by atoms with Crippen LogP contribution in [0.1, 0.15) is 50.2 Å². The summed E-state index contributed by atoms with van der Waals surface area (Å²) in [4.78, 5) is 2.38. The molecule has 0 bridgehead atoms. The first-order chi connectivity index (χ1) is 10.1. The molecule has 21 heavy (non-hydrogen) atoms. The summed E-state index contributed by atoms with van der Waals surface area (Å²) in [7, 11) is 0. The Morgan fingerprint density at radius 1 is 1.19 bits per heavy atom. The number of aliphatic hydroxyl groups is 1. The van der Waals surface area contributed by atoms with Crippen LogP contribution in [-0.4, -0.2) is 28.6 Å². The van der Waals surface area contributed by atoms with Gasteiger partial charge in [0.05, 0.1) is 10.6 Å². The van der Waals surface area contributed by atoms with Crippen molar-refractivity contribution in [2.45, 2.75) is 50.2 Å². The molecule has 1 heterocycles. The first-order valence-electron chi connectivity index (χ1n) is 7.63. The quantitative estimate of drug-likeness (QED) is 0.774. The highest BCUT2D eigenvalue weighted by atomic mass is 79.9. The molecule has 0 amide bonds. The molecule has 0 spiro atoms. The first-order valence-corrected chi connectivity index (χ1v) is 8.80. The van der Waals surface area contributed by atoms with Gasteiger partial charge in [-0.1, -0.05) is 30.5 Å². The summed E-state index contributed by atoms with van der Waals surface area (Å²) in [5, 5.41) is 11.0. The molecule has 1 atom stereocenters. The predicted octanol–water partition coefficient (Wildman–Crippen LogP) is 4.68. The van der Waals surface area contributed by atoms with E-state index in [1.807, 2.05) is 0 Å². The van der Waals surface area contributed by atoms with Crippen LogP contribution in [0.3, 0.4) is 0 Å². The van der Waals surface area contributed by atoms with E-state index in [0.29, 0.717) is 10.0 Å². The highest BCUT2D eigenvalue weighted by molar-refractivity contribution is 9.10. The lowest BCUT2D eigenvalue weighted by atomic mass is 9.84. The molecule has 1 aromatic rings. The molecule has 1 saturated carbocycles. The van der Waals surface area contributed by atoms with Gasteiger partial charge in [-0.3, -0.25) is 4.90 Å². The molecule has 1 aliphatic heterocycles. The van der Waals surface area contributed by atoms with Crippen molar-refractivity contribution in [3.8, 4) is 0 Å². The summed E-state index contributed by atoms with van der Waals surface area (Å²) in [5.74, 6) is -0.496. The summed E-state index contributed by atoms with van der Waals surface area (Å²) in [6.07, 6.45) is 5.57. The lowest BCUT2D eigenvalue weighted by Gasteiger charge is -2.43. The second kappa shape index (κ2) is 6.15. The Kier molecular flexibility index (Phi) is 4.60. The lowest BCUT2D eigenvalue weighted by Crippen LogP contribution is -2.50. The van der Waals surface area contributed by atoms with E-state index in [-0.39, 0.29) is 10.6 Å². The maximum Gasteiger partial charge on any atom is 0.148 e. The van der Waals surface area contributed by atoms with Crippen LogP contribution in [0, 0.1) is 5.82 Å². The number of rotatable bonds is 3. The second-order valence-electron chi connectivity index (χ2n) is 6.17. The van der Waals surface area contributed by atoms with Gasteiger partial charge in [-0.25, -0.2) is 4.39 Å². The van der Waals surface area contributed by atoms with E-state index in [9.17, 15) is 9.50 Å². The van der Waals surface area contributed by atoms with Gasteiger partial charge in [-0.05, 0) is 60.8 Å². The molecule has 5 heteroatoms. The van der Waals surface area contributed by atoms with Gasteiger partial charge in [0.15, 0.2) is 0 Å². The number of hydrogen-bond donors (Lipinski definition) is 1. The molecule has 0 radical (unpaired) electrons. The fourth-order valence-corrected chi connectivity index (χ4v) is 4.43. The van der Waals surface area contributed by atoms with Crippen molar-refractivity contribution >= 4 is 27.5 Å². The van der Waals surface area contributed by atoms with Crippen molar-refractivity contribution in [2.75, 3.05) is 13.1 Å². The van der Waals surface area contributed by atoms with Gasteiger partial charge in [-0.15, -0.1) is 0 Å². The normalized spacial score (nSPS) is 23.6. The van der Waals surface area contributed by atoms with Gasteiger partial charge in [0.2, 0.25) is 0 Å². The molecule has 116 valence electrons. The van der Waals surface area contributed by atoms with Crippen LogP contribution < -0.4 is 0 Å². The van der Waals surface area contributed by atoms with Gasteiger partial charge >= 0.3 is 0 Å². The van der Waals surface area contributed by atoms with Crippen molar-refractivity contribution < 1.29 is 9.50 Å². The van der Waals surface area contributed by atoms with Crippen LogP contribution in [0.2, 0.25) is 5.02 Å². The molecule has 1 saturated heterocycles. The molecule has 2 nitrogen and oxygen atoms in total. The third kappa shape index (κ3) is 2.65. The maximum atomic E-state index is 14.5. The Hall–Kier alpha value is -0.160. The van der Waals surface area contributed by atoms with Crippen LogP contribution in [0.5, 0.6) is 0 Å². The van der Waals surface area contributed by atoms with Crippen LogP contribution in [0.4, 0.5) is 4.39 Å². The zero-order valence-electron chi connectivity index (χ0n) is 11.9. The summed E-state index contributed by atoms with van der Waals surface area (Å²) in [6, 6.07) is 3.38. The number of hydrogen-bond acceptors (Lipinski definition) is 2. The van der Waals surface area contributed by atoms with Gasteiger partial charge in [-0.2, -0.15) is 0 Å². The zero-order chi connectivity index (χ0) is 15.0. The van der Waals surface area contributed by atoms with Gasteiger partial charge < -0.3 is 5.11 Å². The lowest BCUT2D eigenvalue weighted by molar-refractivity contribution is -0.0213. The Morgan fingerprint density at radius 2 is 1.81 bits per heavy atom. The van der Waals surface area contributed by atoms with Crippen LogP contribution in [0.25, 0.3) is 0 Å². The molecule has 2 aliphatic rings. The number of likely N-dealkylation sites (tertiary alicyclic amines) is 1. The average molecular weight is 377 g/mol. The predicted molar refractivity (Wildman–Crippen MR) is 86.1 cm³/mol. The molecule has 0 aromatic heterocycles. The van der Waals surface area contributed by atoms with Crippen molar-refractivity contribution in [1.29, 1.82) is 0 Å². The zero-order valence-corrected chi connectivity index (χ0v) is 14.3. The minimum Gasteiger partial charge on any atom is -0.386 e. The molecule has 3 rings (SSSR count). The standard InChI is InChI=1S/C16H20BrClFNO/c17-12-6-5-11(14(19)13(12)18)15(21)16(7-1-2-8-16)20-9-3-4-10-20/h5-6,15,21H,1-4,7-10H2. The third-order valence-corrected chi connectivity index (χ3v) is 6.33. The minimum absolute atomic E-state index is 0.0566. The SMILES string of the molecule is OC(c1ccc(Br)c(Cl)c1F)C1(N2CCCC2)CCCC1. The van der Waals surface area contributed by atoms with E-state index in [2.05, 4.69) is 20.8 Å². The van der Waals surface area contributed by atoms with Gasteiger partial charge in [0.25, 0.3) is 0 Å². The van der Waals surface area contributed by atoms with Gasteiger partial charge in [0.1, 0.15) is 11.9 Å². The topological polar surface area (TPSA) is 23.5 Å². The number of halogens is 3. The summed E-state index contributed by atoms with van der Waals surface area (Å²) >= 11 is 9.22. The first kappa shape index (κ1) is 15.7. The average Bonchev–Trinajstić information content (AvgIpc) is 3.15. The van der Waals surface area contributed by atoms with E-state index in [0.717, 1.165) is 51.6 Å². The number of aliphatic hydroxyl groups excluding tert-OH is 1. The van der Waals surface area contributed by atoms with Crippen molar-refractivity contribution in [2.24, 2.45) is 0 Å². The highest BCUT2D eigenvalue weighted by Gasteiger charge is 2.47. The highest BCUT2D eigenvalue weighted by Crippen LogP contribution is 2.47. The summed E-state index contributed by atoms with van der Waals surface area (Å²) in [6.45, 7) is 2.01. The smallest absolute Gasteiger partial charge is 0.148 e. The van der Waals surface area contributed by atoms with E-state index < -0.39 is 11.9 Å². The van der Waals surface area contributed by atoms with E-state index in [1.54, 1.807) is 12.1 Å². The maximum absolute atomic E-state index is 14.5. The van der Waals surface area contributed by atoms with E-state index in [1.165, 1.54) is 0 Å². The van der Waals surface area contributed by atoms with Gasteiger partial charge in [0, 0.05) is 10.0 Å². The fraction of sp³-hybridized carbons (Fsp3) is 0.625. The molecule has 2 fully saturated rings.